The molecule has 1 N–H and O–H groups in total. The van der Waals surface area contributed by atoms with Gasteiger partial charge in [-0.25, -0.2) is 4.90 Å². The first kappa shape index (κ1) is 20.9. The van der Waals surface area contributed by atoms with Crippen molar-refractivity contribution in [2.75, 3.05) is 13.1 Å². The number of hydrogen-bond acceptors (Lipinski definition) is 4. The van der Waals surface area contributed by atoms with Crippen LogP contribution in [0.4, 0.5) is 0 Å². The molecular weight excluding hydrogens is 396 g/mol. The molecule has 4 heteroatoms. The molecule has 2 fully saturated rings. The smallest absolute Gasteiger partial charge is 0.327 e. The summed E-state index contributed by atoms with van der Waals surface area (Å²) in [5.74, 6) is -0.160. The van der Waals surface area contributed by atoms with Crippen LogP contribution >= 0.6 is 0 Å². The fourth-order valence-electron chi connectivity index (χ4n) is 5.09. The number of cyclic esters (lactones) is 1. The first-order chi connectivity index (χ1) is 15.5. The maximum Gasteiger partial charge on any atom is 0.327 e. The van der Waals surface area contributed by atoms with Crippen LogP contribution in [0.5, 0.6) is 0 Å². The number of carbonyl (C=O) groups is 1. The number of nitrogens with zero attached hydrogens (tertiary/aromatic N) is 1. The van der Waals surface area contributed by atoms with E-state index in [1.807, 2.05) is 0 Å². The van der Waals surface area contributed by atoms with Crippen molar-refractivity contribution in [3.05, 3.63) is 106 Å². The number of piperazine rings is 1. The Balaban J connectivity index is 1.65. The first-order valence-corrected chi connectivity index (χ1v) is 11.4. The SMILES string of the molecule is Cc1ccc(CC2CNCC3C(=O)OC(c4ccc(C)cc4)(c4ccc(C)cc4)N23)cc1. The Bertz CT molecular complexity index is 1060. The average molecular weight is 427 g/mol. The van der Waals surface area contributed by atoms with Gasteiger partial charge in [0.15, 0.2) is 0 Å². The minimum Gasteiger partial charge on any atom is -0.434 e. The number of rotatable bonds is 4. The highest BCUT2D eigenvalue weighted by atomic mass is 16.6. The van der Waals surface area contributed by atoms with Crippen LogP contribution in [0.2, 0.25) is 0 Å². The summed E-state index contributed by atoms with van der Waals surface area (Å²) in [6, 6.07) is 25.3. The second kappa shape index (κ2) is 8.19. The monoisotopic (exact) mass is 426 g/mol. The number of esters is 1. The van der Waals surface area contributed by atoms with E-state index in [0.29, 0.717) is 6.54 Å². The zero-order chi connectivity index (χ0) is 22.3. The number of carbonyl (C=O) groups excluding carboxylic acids is 1. The van der Waals surface area contributed by atoms with Gasteiger partial charge in [0.25, 0.3) is 0 Å². The van der Waals surface area contributed by atoms with Gasteiger partial charge in [-0.05, 0) is 32.8 Å². The summed E-state index contributed by atoms with van der Waals surface area (Å²) < 4.78 is 6.38. The van der Waals surface area contributed by atoms with Crippen molar-refractivity contribution in [2.45, 2.75) is 45.0 Å². The number of fused-ring (bicyclic) bond motifs is 1. The molecular formula is C28H30N2O2. The van der Waals surface area contributed by atoms with Gasteiger partial charge in [0.05, 0.1) is 0 Å². The number of ether oxygens (including phenoxy) is 1. The van der Waals surface area contributed by atoms with Crippen molar-refractivity contribution in [1.82, 2.24) is 10.2 Å². The third-order valence-corrected chi connectivity index (χ3v) is 6.81. The van der Waals surface area contributed by atoms with E-state index in [9.17, 15) is 4.79 Å². The van der Waals surface area contributed by atoms with Gasteiger partial charge in [-0.3, -0.25) is 4.79 Å². The van der Waals surface area contributed by atoms with Crippen molar-refractivity contribution in [2.24, 2.45) is 0 Å². The third-order valence-electron chi connectivity index (χ3n) is 6.81. The van der Waals surface area contributed by atoms with E-state index < -0.39 is 5.72 Å². The Kier molecular flexibility index (Phi) is 5.36. The molecule has 0 aliphatic carbocycles. The van der Waals surface area contributed by atoms with Gasteiger partial charge in [0.2, 0.25) is 5.72 Å². The highest BCUT2D eigenvalue weighted by molar-refractivity contribution is 5.80. The molecule has 3 aromatic carbocycles. The molecule has 0 bridgehead atoms. The minimum atomic E-state index is -0.930. The largest absolute Gasteiger partial charge is 0.434 e. The van der Waals surface area contributed by atoms with Gasteiger partial charge in [0, 0.05) is 30.3 Å². The van der Waals surface area contributed by atoms with E-state index in [-0.39, 0.29) is 18.1 Å². The topological polar surface area (TPSA) is 41.6 Å². The van der Waals surface area contributed by atoms with E-state index in [1.165, 1.54) is 22.3 Å². The van der Waals surface area contributed by atoms with Crippen LogP contribution < -0.4 is 5.32 Å². The molecule has 164 valence electrons. The molecule has 3 aromatic rings. The lowest BCUT2D eigenvalue weighted by Crippen LogP contribution is -2.62. The summed E-state index contributed by atoms with van der Waals surface area (Å²) >= 11 is 0. The number of benzene rings is 3. The maximum absolute atomic E-state index is 13.2. The second-order valence-corrected chi connectivity index (χ2v) is 9.22. The normalized spacial score (nSPS) is 22.4. The Morgan fingerprint density at radius 3 is 1.84 bits per heavy atom. The van der Waals surface area contributed by atoms with Crippen LogP contribution in [0.15, 0.2) is 72.8 Å². The zero-order valence-corrected chi connectivity index (χ0v) is 19.0. The Morgan fingerprint density at radius 2 is 1.31 bits per heavy atom. The fraction of sp³-hybridized carbons (Fsp3) is 0.321. The predicted octanol–water partition coefficient (Wildman–Crippen LogP) is 4.25. The summed E-state index contributed by atoms with van der Waals surface area (Å²) in [6.07, 6.45) is 0.847. The molecule has 0 saturated carbocycles. The lowest BCUT2D eigenvalue weighted by atomic mass is 9.88. The minimum absolute atomic E-state index is 0.116. The van der Waals surface area contributed by atoms with E-state index in [0.717, 1.165) is 24.1 Å². The molecule has 0 aromatic heterocycles. The molecule has 2 aliphatic heterocycles. The van der Waals surface area contributed by atoms with Gasteiger partial charge >= 0.3 is 5.97 Å². The molecule has 2 unspecified atom stereocenters. The lowest BCUT2D eigenvalue weighted by molar-refractivity contribution is -0.150. The quantitative estimate of drug-likeness (QED) is 0.633. The number of aryl methyl sites for hydroxylation is 3. The van der Waals surface area contributed by atoms with Crippen LogP contribution in [0.25, 0.3) is 0 Å². The molecule has 2 aliphatic rings. The fourth-order valence-corrected chi connectivity index (χ4v) is 5.09. The molecule has 4 nitrogen and oxygen atoms in total. The summed E-state index contributed by atoms with van der Waals surface area (Å²) in [5, 5.41) is 3.48. The molecule has 32 heavy (non-hydrogen) atoms. The van der Waals surface area contributed by atoms with Crippen LogP contribution in [0.3, 0.4) is 0 Å². The Morgan fingerprint density at radius 1 is 0.812 bits per heavy atom. The Hall–Kier alpha value is -2.95. The average Bonchev–Trinajstić information content (AvgIpc) is 3.11. The van der Waals surface area contributed by atoms with E-state index in [4.69, 9.17) is 4.74 Å². The Labute approximate surface area is 190 Å². The predicted molar refractivity (Wildman–Crippen MR) is 126 cm³/mol. The van der Waals surface area contributed by atoms with E-state index in [1.54, 1.807) is 0 Å². The number of nitrogens with one attached hydrogen (secondary N) is 1. The summed E-state index contributed by atoms with van der Waals surface area (Å²) in [6.45, 7) is 7.67. The molecule has 0 radical (unpaired) electrons. The van der Waals surface area contributed by atoms with Gasteiger partial charge in [-0.2, -0.15) is 0 Å². The van der Waals surface area contributed by atoms with Crippen molar-refractivity contribution in [1.29, 1.82) is 0 Å². The molecule has 2 atom stereocenters. The van der Waals surface area contributed by atoms with E-state index in [2.05, 4.69) is 104 Å². The van der Waals surface area contributed by atoms with Gasteiger partial charge in [-0.1, -0.05) is 89.5 Å². The molecule has 2 heterocycles. The standard InChI is InChI=1S/C28H30N2O2/c1-19-4-10-22(11-5-19)16-25-17-29-18-26-27(31)32-28(30(25)26,23-12-6-20(2)7-13-23)24-14-8-21(3)9-15-24/h4-15,25-26,29H,16-18H2,1-3H3. The lowest BCUT2D eigenvalue weighted by Gasteiger charge is -2.45. The van der Waals surface area contributed by atoms with E-state index >= 15 is 0 Å². The molecule has 5 rings (SSSR count). The van der Waals surface area contributed by atoms with Crippen LogP contribution in [0, 0.1) is 20.8 Å². The number of hydrogen-bond donors (Lipinski definition) is 1. The van der Waals surface area contributed by atoms with Gasteiger partial charge in [0.1, 0.15) is 6.04 Å². The maximum atomic E-state index is 13.2. The highest BCUT2D eigenvalue weighted by Gasteiger charge is 2.59. The van der Waals surface area contributed by atoms with Crippen LogP contribution in [-0.2, 0) is 21.7 Å². The van der Waals surface area contributed by atoms with Gasteiger partial charge < -0.3 is 10.1 Å². The molecule has 0 spiro atoms. The van der Waals surface area contributed by atoms with Crippen molar-refractivity contribution >= 4 is 5.97 Å². The van der Waals surface area contributed by atoms with Crippen LogP contribution in [0.1, 0.15) is 33.4 Å². The van der Waals surface area contributed by atoms with Crippen LogP contribution in [-0.4, -0.2) is 36.0 Å². The molecule has 2 saturated heterocycles. The molecule has 0 amide bonds. The summed E-state index contributed by atoms with van der Waals surface area (Å²) in [5.41, 5.74) is 5.96. The van der Waals surface area contributed by atoms with Gasteiger partial charge in [-0.15, -0.1) is 0 Å². The first-order valence-electron chi connectivity index (χ1n) is 11.4. The van der Waals surface area contributed by atoms with Crippen molar-refractivity contribution in [3.63, 3.8) is 0 Å². The second-order valence-electron chi connectivity index (χ2n) is 9.22. The zero-order valence-electron chi connectivity index (χ0n) is 19.0. The highest BCUT2D eigenvalue weighted by Crippen LogP contribution is 2.46. The van der Waals surface area contributed by atoms with Crippen molar-refractivity contribution < 1.29 is 9.53 Å². The third kappa shape index (κ3) is 3.54. The summed E-state index contributed by atoms with van der Waals surface area (Å²) in [4.78, 5) is 15.6. The summed E-state index contributed by atoms with van der Waals surface area (Å²) in [7, 11) is 0. The van der Waals surface area contributed by atoms with Crippen molar-refractivity contribution in [3.8, 4) is 0 Å².